The highest BCUT2D eigenvalue weighted by Crippen LogP contribution is 2.21. The quantitative estimate of drug-likeness (QED) is 0.632. The molecule has 15 heavy (non-hydrogen) atoms. The minimum Gasteiger partial charge on any atom is -0.465 e. The van der Waals surface area contributed by atoms with Gasteiger partial charge in [0.05, 0.1) is 6.61 Å². The van der Waals surface area contributed by atoms with Crippen LogP contribution in [-0.2, 0) is 9.53 Å². The number of hydrogen-bond donors (Lipinski definition) is 1. The first-order valence-electron chi connectivity index (χ1n) is 4.70. The van der Waals surface area contributed by atoms with Crippen molar-refractivity contribution in [2.24, 2.45) is 0 Å². The van der Waals surface area contributed by atoms with Gasteiger partial charge in [-0.1, -0.05) is 30.3 Å². The highest BCUT2D eigenvalue weighted by atomic mass is 35.5. The van der Waals surface area contributed by atoms with E-state index < -0.39 is 17.5 Å². The summed E-state index contributed by atoms with van der Waals surface area (Å²) >= 11 is 5.77. The van der Waals surface area contributed by atoms with E-state index in [1.165, 1.54) is 0 Å². The molecule has 0 saturated heterocycles. The number of aliphatic hydroxyl groups excluding tert-OH is 1. The van der Waals surface area contributed by atoms with Crippen LogP contribution in [0.4, 0.5) is 0 Å². The maximum absolute atomic E-state index is 11.2. The second-order valence-corrected chi connectivity index (χ2v) is 3.48. The molecule has 0 aliphatic heterocycles. The Balaban J connectivity index is 2.68. The van der Waals surface area contributed by atoms with Gasteiger partial charge in [0.15, 0.2) is 5.38 Å². The smallest absolute Gasteiger partial charge is 0.327 e. The van der Waals surface area contributed by atoms with Crippen molar-refractivity contribution >= 4 is 17.6 Å². The number of esters is 1. The predicted octanol–water partition coefficient (Wildman–Crippen LogP) is 1.89. The molecule has 0 heterocycles. The summed E-state index contributed by atoms with van der Waals surface area (Å²) in [6.07, 6.45) is -1.04. The molecule has 1 aromatic rings. The molecule has 1 N–H and O–H groups in total. The first-order chi connectivity index (χ1) is 7.16. The summed E-state index contributed by atoms with van der Waals surface area (Å²) in [5.41, 5.74) is 0.602. The Labute approximate surface area is 93.6 Å². The minimum absolute atomic E-state index is 0.254. The van der Waals surface area contributed by atoms with Crippen LogP contribution >= 0.6 is 11.6 Å². The van der Waals surface area contributed by atoms with Gasteiger partial charge in [0, 0.05) is 0 Å². The van der Waals surface area contributed by atoms with Crippen molar-refractivity contribution in [2.75, 3.05) is 6.61 Å². The van der Waals surface area contributed by atoms with E-state index in [-0.39, 0.29) is 6.61 Å². The van der Waals surface area contributed by atoms with Crippen LogP contribution in [0.5, 0.6) is 0 Å². The van der Waals surface area contributed by atoms with E-state index in [9.17, 15) is 9.90 Å². The van der Waals surface area contributed by atoms with Crippen molar-refractivity contribution < 1.29 is 14.6 Å². The molecule has 0 saturated carbocycles. The fraction of sp³-hybridized carbons (Fsp3) is 0.364. The van der Waals surface area contributed by atoms with E-state index in [1.807, 2.05) is 6.07 Å². The van der Waals surface area contributed by atoms with Crippen molar-refractivity contribution in [2.45, 2.75) is 18.4 Å². The molecule has 82 valence electrons. The standard InChI is InChI=1S/C11H13ClO3/c1-2-15-11(14)9(12)10(13)8-6-4-3-5-7-8/h3-7,9-10,13H,2H2,1H3/t9-,10+/m1/s1. The Morgan fingerprint density at radius 1 is 1.47 bits per heavy atom. The van der Waals surface area contributed by atoms with Gasteiger partial charge >= 0.3 is 5.97 Å². The van der Waals surface area contributed by atoms with Gasteiger partial charge in [-0.2, -0.15) is 0 Å². The van der Waals surface area contributed by atoms with Crippen molar-refractivity contribution in [1.82, 2.24) is 0 Å². The first kappa shape index (κ1) is 12.0. The summed E-state index contributed by atoms with van der Waals surface area (Å²) in [5.74, 6) is -0.601. The molecule has 1 aromatic carbocycles. The van der Waals surface area contributed by atoms with Crippen molar-refractivity contribution in [1.29, 1.82) is 0 Å². The zero-order valence-electron chi connectivity index (χ0n) is 8.39. The zero-order valence-corrected chi connectivity index (χ0v) is 9.15. The minimum atomic E-state index is -1.06. The number of aliphatic hydroxyl groups is 1. The number of carbonyl (C=O) groups is 1. The molecular weight excluding hydrogens is 216 g/mol. The lowest BCUT2D eigenvalue weighted by Gasteiger charge is -2.15. The monoisotopic (exact) mass is 228 g/mol. The van der Waals surface area contributed by atoms with Crippen molar-refractivity contribution in [3.63, 3.8) is 0 Å². The van der Waals surface area contributed by atoms with Crippen LogP contribution in [0.15, 0.2) is 30.3 Å². The number of hydrogen-bond acceptors (Lipinski definition) is 3. The van der Waals surface area contributed by atoms with E-state index in [1.54, 1.807) is 31.2 Å². The molecule has 0 amide bonds. The number of ether oxygens (including phenoxy) is 1. The number of rotatable bonds is 4. The molecule has 4 heteroatoms. The maximum atomic E-state index is 11.2. The Morgan fingerprint density at radius 2 is 2.07 bits per heavy atom. The van der Waals surface area contributed by atoms with Crippen LogP contribution in [0.25, 0.3) is 0 Å². The zero-order chi connectivity index (χ0) is 11.3. The molecule has 0 aromatic heterocycles. The SMILES string of the molecule is CCOC(=O)[C@H](Cl)[C@@H](O)c1ccccc1. The fourth-order valence-electron chi connectivity index (χ4n) is 1.17. The lowest BCUT2D eigenvalue weighted by Crippen LogP contribution is -2.25. The molecule has 3 nitrogen and oxygen atoms in total. The van der Waals surface area contributed by atoms with Gasteiger partial charge < -0.3 is 9.84 Å². The maximum Gasteiger partial charge on any atom is 0.327 e. The average Bonchev–Trinajstić information content (AvgIpc) is 2.28. The Hall–Kier alpha value is -1.06. The van der Waals surface area contributed by atoms with Gasteiger partial charge in [-0.25, -0.2) is 0 Å². The van der Waals surface area contributed by atoms with Gasteiger partial charge in [0.2, 0.25) is 0 Å². The highest BCUT2D eigenvalue weighted by Gasteiger charge is 2.26. The van der Waals surface area contributed by atoms with Crippen LogP contribution in [-0.4, -0.2) is 23.1 Å². The second-order valence-electron chi connectivity index (χ2n) is 3.01. The topological polar surface area (TPSA) is 46.5 Å². The molecule has 0 radical (unpaired) electrons. The van der Waals surface area contributed by atoms with E-state index in [2.05, 4.69) is 0 Å². The number of carbonyl (C=O) groups excluding carboxylic acids is 1. The van der Waals surface area contributed by atoms with Gasteiger partial charge in [-0.3, -0.25) is 4.79 Å². The van der Waals surface area contributed by atoms with Crippen molar-refractivity contribution in [3.05, 3.63) is 35.9 Å². The van der Waals surface area contributed by atoms with E-state index in [4.69, 9.17) is 16.3 Å². The largest absolute Gasteiger partial charge is 0.465 e. The lowest BCUT2D eigenvalue weighted by molar-refractivity contribution is -0.144. The summed E-state index contributed by atoms with van der Waals surface area (Å²) < 4.78 is 4.72. The van der Waals surface area contributed by atoms with Crippen LogP contribution in [0.1, 0.15) is 18.6 Å². The second kappa shape index (κ2) is 5.73. The van der Waals surface area contributed by atoms with Crippen LogP contribution in [0.2, 0.25) is 0 Å². The molecule has 2 atom stereocenters. The molecule has 0 unspecified atom stereocenters. The summed E-state index contributed by atoms with van der Waals surface area (Å²) in [6.45, 7) is 1.94. The number of alkyl halides is 1. The Morgan fingerprint density at radius 3 is 2.60 bits per heavy atom. The molecule has 1 rings (SSSR count). The molecule has 0 bridgehead atoms. The Bertz CT molecular complexity index is 313. The highest BCUT2D eigenvalue weighted by molar-refractivity contribution is 6.30. The fourth-order valence-corrected chi connectivity index (χ4v) is 1.38. The Kier molecular flexibility index (Phi) is 4.59. The third-order valence-corrected chi connectivity index (χ3v) is 2.35. The summed E-state index contributed by atoms with van der Waals surface area (Å²) in [6, 6.07) is 8.78. The predicted molar refractivity (Wildman–Crippen MR) is 57.7 cm³/mol. The number of halogens is 1. The normalized spacial score (nSPS) is 14.3. The molecule has 0 aliphatic rings. The third kappa shape index (κ3) is 3.22. The van der Waals surface area contributed by atoms with Gasteiger partial charge in [-0.15, -0.1) is 11.6 Å². The van der Waals surface area contributed by atoms with E-state index in [0.717, 1.165) is 0 Å². The molecule has 0 fully saturated rings. The molecule has 0 aliphatic carbocycles. The summed E-state index contributed by atoms with van der Waals surface area (Å²) in [4.78, 5) is 11.2. The van der Waals surface area contributed by atoms with Crippen LogP contribution < -0.4 is 0 Å². The number of benzene rings is 1. The van der Waals surface area contributed by atoms with Gasteiger partial charge in [0.1, 0.15) is 6.10 Å². The summed E-state index contributed by atoms with van der Waals surface area (Å²) in [5, 5.41) is 8.69. The van der Waals surface area contributed by atoms with Gasteiger partial charge in [-0.05, 0) is 12.5 Å². The third-order valence-electron chi connectivity index (χ3n) is 1.93. The van der Waals surface area contributed by atoms with Crippen LogP contribution in [0, 0.1) is 0 Å². The molecule has 0 spiro atoms. The first-order valence-corrected chi connectivity index (χ1v) is 5.14. The molecular formula is C11H13ClO3. The van der Waals surface area contributed by atoms with Crippen LogP contribution in [0.3, 0.4) is 0 Å². The van der Waals surface area contributed by atoms with E-state index in [0.29, 0.717) is 5.56 Å². The lowest BCUT2D eigenvalue weighted by atomic mass is 10.1. The summed E-state index contributed by atoms with van der Waals surface area (Å²) in [7, 11) is 0. The van der Waals surface area contributed by atoms with Crippen molar-refractivity contribution in [3.8, 4) is 0 Å². The van der Waals surface area contributed by atoms with E-state index >= 15 is 0 Å². The average molecular weight is 229 g/mol. The van der Waals surface area contributed by atoms with Gasteiger partial charge in [0.25, 0.3) is 0 Å².